The van der Waals surface area contributed by atoms with Gasteiger partial charge in [0, 0.05) is 39.3 Å². The fourth-order valence-corrected chi connectivity index (χ4v) is 3.35. The predicted octanol–water partition coefficient (Wildman–Crippen LogP) is 3.35. The number of benzene rings is 1. The van der Waals surface area contributed by atoms with Crippen LogP contribution in [0.15, 0.2) is 23.2 Å². The number of aliphatic imine (C=N–C) groups is 1. The minimum Gasteiger partial charge on any atom is -0.356 e. The van der Waals surface area contributed by atoms with Crippen LogP contribution in [0.25, 0.3) is 0 Å². The van der Waals surface area contributed by atoms with E-state index in [9.17, 15) is 8.78 Å². The summed E-state index contributed by atoms with van der Waals surface area (Å²) in [6, 6.07) is 4.50. The van der Waals surface area contributed by atoms with E-state index in [1.54, 1.807) is 13.1 Å². The lowest BCUT2D eigenvalue weighted by molar-refractivity contribution is 0.187. The summed E-state index contributed by atoms with van der Waals surface area (Å²) in [6.45, 7) is 10.5. The number of likely N-dealkylation sites (tertiary alicyclic amines) is 1. The van der Waals surface area contributed by atoms with Crippen LogP contribution >= 0.6 is 0 Å². The molecule has 1 aromatic carbocycles. The highest BCUT2D eigenvalue weighted by Crippen LogP contribution is 2.17. The van der Waals surface area contributed by atoms with E-state index in [4.69, 9.17) is 0 Å². The summed E-state index contributed by atoms with van der Waals surface area (Å²) in [6.07, 6.45) is 2.21. The molecule has 1 saturated heterocycles. The molecule has 1 aliphatic heterocycles. The SMILES string of the molecule is CN=C(NCC(C)c1ccc(F)c(F)c1)NC1CCN(CC(C)C)CC1. The molecule has 146 valence electrons. The van der Waals surface area contributed by atoms with Crippen LogP contribution in [-0.2, 0) is 0 Å². The number of guanidine groups is 1. The van der Waals surface area contributed by atoms with Crippen molar-refractivity contribution in [3.05, 3.63) is 35.4 Å². The van der Waals surface area contributed by atoms with E-state index in [1.807, 2.05) is 6.92 Å². The van der Waals surface area contributed by atoms with Crippen LogP contribution < -0.4 is 10.6 Å². The van der Waals surface area contributed by atoms with Crippen molar-refractivity contribution < 1.29 is 8.78 Å². The Morgan fingerprint density at radius 1 is 1.19 bits per heavy atom. The zero-order chi connectivity index (χ0) is 19.1. The number of hydrogen-bond donors (Lipinski definition) is 2. The summed E-state index contributed by atoms with van der Waals surface area (Å²) in [5.41, 5.74) is 0.772. The van der Waals surface area contributed by atoms with Gasteiger partial charge in [0.25, 0.3) is 0 Å². The van der Waals surface area contributed by atoms with Gasteiger partial charge in [0.1, 0.15) is 0 Å². The van der Waals surface area contributed by atoms with Crippen molar-refractivity contribution in [3.8, 4) is 0 Å². The highest BCUT2D eigenvalue weighted by molar-refractivity contribution is 5.80. The molecule has 1 fully saturated rings. The molecule has 0 aromatic heterocycles. The maximum atomic E-state index is 13.4. The third kappa shape index (κ3) is 6.24. The molecule has 1 heterocycles. The van der Waals surface area contributed by atoms with Gasteiger partial charge in [-0.25, -0.2) is 8.78 Å². The number of hydrogen-bond acceptors (Lipinski definition) is 2. The van der Waals surface area contributed by atoms with Crippen molar-refractivity contribution in [2.45, 2.75) is 45.6 Å². The largest absolute Gasteiger partial charge is 0.356 e. The molecule has 0 spiro atoms. The van der Waals surface area contributed by atoms with E-state index in [0.717, 1.165) is 44.0 Å². The molecule has 1 unspecified atom stereocenters. The van der Waals surface area contributed by atoms with Gasteiger partial charge in [-0.15, -0.1) is 0 Å². The molecule has 0 radical (unpaired) electrons. The van der Waals surface area contributed by atoms with Gasteiger partial charge in [0.2, 0.25) is 0 Å². The van der Waals surface area contributed by atoms with E-state index >= 15 is 0 Å². The second-order valence-corrected chi connectivity index (χ2v) is 7.64. The molecule has 0 amide bonds. The third-order valence-corrected chi connectivity index (χ3v) is 4.86. The van der Waals surface area contributed by atoms with Crippen LogP contribution in [0.1, 0.15) is 45.1 Å². The number of nitrogens with one attached hydrogen (secondary N) is 2. The van der Waals surface area contributed by atoms with E-state index < -0.39 is 11.6 Å². The molecule has 0 saturated carbocycles. The van der Waals surface area contributed by atoms with Crippen molar-refractivity contribution in [2.75, 3.05) is 33.2 Å². The maximum absolute atomic E-state index is 13.4. The molecular formula is C20H32F2N4. The molecule has 1 aliphatic rings. The minimum absolute atomic E-state index is 0.0524. The molecular weight excluding hydrogens is 334 g/mol. The van der Waals surface area contributed by atoms with E-state index in [-0.39, 0.29) is 5.92 Å². The van der Waals surface area contributed by atoms with Gasteiger partial charge in [0.15, 0.2) is 17.6 Å². The Kier molecular flexibility index (Phi) is 7.82. The summed E-state index contributed by atoms with van der Waals surface area (Å²) in [5, 5.41) is 6.79. The molecule has 26 heavy (non-hydrogen) atoms. The smallest absolute Gasteiger partial charge is 0.191 e. The van der Waals surface area contributed by atoms with Crippen LogP contribution in [-0.4, -0.2) is 50.1 Å². The highest BCUT2D eigenvalue weighted by atomic mass is 19.2. The van der Waals surface area contributed by atoms with Crippen molar-refractivity contribution in [2.24, 2.45) is 10.9 Å². The Hall–Kier alpha value is -1.69. The van der Waals surface area contributed by atoms with Gasteiger partial charge < -0.3 is 15.5 Å². The fraction of sp³-hybridized carbons (Fsp3) is 0.650. The highest BCUT2D eigenvalue weighted by Gasteiger charge is 2.20. The van der Waals surface area contributed by atoms with Crippen LogP contribution in [0.3, 0.4) is 0 Å². The summed E-state index contributed by atoms with van der Waals surface area (Å²) in [7, 11) is 1.76. The number of nitrogens with zero attached hydrogens (tertiary/aromatic N) is 2. The first-order valence-corrected chi connectivity index (χ1v) is 9.53. The standard InChI is InChI=1S/C20H32F2N4/c1-14(2)13-26-9-7-17(8-10-26)25-20(23-4)24-12-15(3)16-5-6-18(21)19(22)11-16/h5-6,11,14-15,17H,7-10,12-13H2,1-4H3,(H2,23,24,25). The van der Waals surface area contributed by atoms with Gasteiger partial charge in [-0.1, -0.05) is 26.8 Å². The monoisotopic (exact) mass is 366 g/mol. The summed E-state index contributed by atoms with van der Waals surface area (Å²) < 4.78 is 26.5. The average molecular weight is 367 g/mol. The zero-order valence-corrected chi connectivity index (χ0v) is 16.4. The predicted molar refractivity (Wildman–Crippen MR) is 104 cm³/mol. The molecule has 0 bridgehead atoms. The Morgan fingerprint density at radius 2 is 1.88 bits per heavy atom. The normalized spacial score (nSPS) is 18.2. The zero-order valence-electron chi connectivity index (χ0n) is 16.4. The first-order valence-electron chi connectivity index (χ1n) is 9.53. The number of rotatable bonds is 6. The van der Waals surface area contributed by atoms with Crippen LogP contribution in [0.4, 0.5) is 8.78 Å². The molecule has 1 aromatic rings. The first kappa shape index (κ1) is 20.6. The average Bonchev–Trinajstić information content (AvgIpc) is 2.61. The Bertz CT molecular complexity index is 595. The van der Waals surface area contributed by atoms with Gasteiger partial charge in [0.05, 0.1) is 0 Å². The topological polar surface area (TPSA) is 39.7 Å². The van der Waals surface area contributed by atoms with Crippen LogP contribution in [0.2, 0.25) is 0 Å². The molecule has 6 heteroatoms. The summed E-state index contributed by atoms with van der Waals surface area (Å²) >= 11 is 0. The summed E-state index contributed by atoms with van der Waals surface area (Å²) in [4.78, 5) is 6.81. The van der Waals surface area contributed by atoms with Crippen molar-refractivity contribution in [1.82, 2.24) is 15.5 Å². The Morgan fingerprint density at radius 3 is 2.46 bits per heavy atom. The summed E-state index contributed by atoms with van der Waals surface area (Å²) in [5.74, 6) is -0.0924. The minimum atomic E-state index is -0.810. The van der Waals surface area contributed by atoms with E-state index in [2.05, 4.69) is 34.4 Å². The lowest BCUT2D eigenvalue weighted by Gasteiger charge is -2.34. The van der Waals surface area contributed by atoms with Gasteiger partial charge >= 0.3 is 0 Å². The van der Waals surface area contributed by atoms with Crippen molar-refractivity contribution in [3.63, 3.8) is 0 Å². The van der Waals surface area contributed by atoms with Crippen molar-refractivity contribution >= 4 is 5.96 Å². The van der Waals surface area contributed by atoms with Gasteiger partial charge in [-0.2, -0.15) is 0 Å². The lowest BCUT2D eigenvalue weighted by atomic mass is 10.0. The van der Waals surface area contributed by atoms with Gasteiger partial charge in [-0.05, 0) is 42.4 Å². The van der Waals surface area contributed by atoms with Crippen molar-refractivity contribution in [1.29, 1.82) is 0 Å². The molecule has 2 N–H and O–H groups in total. The first-order chi connectivity index (χ1) is 12.4. The lowest BCUT2D eigenvalue weighted by Crippen LogP contribution is -2.49. The van der Waals surface area contributed by atoms with Crippen LogP contribution in [0.5, 0.6) is 0 Å². The molecule has 4 nitrogen and oxygen atoms in total. The van der Waals surface area contributed by atoms with E-state index in [0.29, 0.717) is 18.5 Å². The Balaban J connectivity index is 1.78. The quantitative estimate of drug-likeness (QED) is 0.599. The molecule has 2 rings (SSSR count). The van der Waals surface area contributed by atoms with Gasteiger partial charge in [-0.3, -0.25) is 4.99 Å². The Labute approximate surface area is 156 Å². The number of piperidine rings is 1. The number of halogens is 2. The fourth-order valence-electron chi connectivity index (χ4n) is 3.35. The second-order valence-electron chi connectivity index (χ2n) is 7.64. The molecule has 1 atom stereocenters. The van der Waals surface area contributed by atoms with E-state index in [1.165, 1.54) is 12.1 Å². The molecule has 0 aliphatic carbocycles. The maximum Gasteiger partial charge on any atom is 0.191 e. The second kappa shape index (κ2) is 9.86. The van der Waals surface area contributed by atoms with Crippen LogP contribution in [0, 0.1) is 17.6 Å². The third-order valence-electron chi connectivity index (χ3n) is 4.86.